The van der Waals surface area contributed by atoms with Gasteiger partial charge in [0.1, 0.15) is 0 Å². The fourth-order valence-electron chi connectivity index (χ4n) is 1.98. The number of alkyl halides is 1. The highest BCUT2D eigenvalue weighted by atomic mass is 79.9. The molecule has 1 unspecified atom stereocenters. The number of sulfonamides is 1. The zero-order chi connectivity index (χ0) is 15.3. The predicted octanol–water partition coefficient (Wildman–Crippen LogP) is 3.66. The lowest BCUT2D eigenvalue weighted by Gasteiger charge is -2.13. The van der Waals surface area contributed by atoms with Gasteiger partial charge in [0.15, 0.2) is 0 Å². The highest BCUT2D eigenvalue weighted by Crippen LogP contribution is 2.16. The van der Waals surface area contributed by atoms with E-state index in [0.29, 0.717) is 16.8 Å². The van der Waals surface area contributed by atoms with Crippen molar-refractivity contribution in [1.29, 1.82) is 0 Å². The topological polar surface area (TPSA) is 46.2 Å². The standard InChI is InChI=1S/C16H18BrNO2S/c1-13(15-5-3-2-4-6-15)12-18-21(19,20)16-9-7-14(11-17)8-10-16/h2-10,13,18H,11-12H2,1H3. The van der Waals surface area contributed by atoms with E-state index in [9.17, 15) is 8.42 Å². The Labute approximate surface area is 134 Å². The van der Waals surface area contributed by atoms with Gasteiger partial charge in [0.2, 0.25) is 10.0 Å². The van der Waals surface area contributed by atoms with Gasteiger partial charge in [-0.15, -0.1) is 0 Å². The minimum atomic E-state index is -3.45. The van der Waals surface area contributed by atoms with Gasteiger partial charge in [-0.05, 0) is 29.2 Å². The van der Waals surface area contributed by atoms with Crippen LogP contribution in [0.4, 0.5) is 0 Å². The van der Waals surface area contributed by atoms with E-state index in [1.165, 1.54) is 0 Å². The lowest BCUT2D eigenvalue weighted by molar-refractivity contribution is 0.575. The molecule has 5 heteroatoms. The first-order valence-electron chi connectivity index (χ1n) is 6.72. The summed E-state index contributed by atoms with van der Waals surface area (Å²) in [4.78, 5) is 0.299. The molecular weight excluding hydrogens is 350 g/mol. The highest BCUT2D eigenvalue weighted by Gasteiger charge is 2.15. The van der Waals surface area contributed by atoms with Gasteiger partial charge in [-0.25, -0.2) is 13.1 Å². The van der Waals surface area contributed by atoms with Crippen LogP contribution in [0.5, 0.6) is 0 Å². The molecule has 0 aliphatic heterocycles. The van der Waals surface area contributed by atoms with E-state index in [2.05, 4.69) is 20.7 Å². The van der Waals surface area contributed by atoms with Crippen molar-refractivity contribution in [3.63, 3.8) is 0 Å². The van der Waals surface area contributed by atoms with Crippen LogP contribution in [0.1, 0.15) is 24.0 Å². The Balaban J connectivity index is 2.04. The van der Waals surface area contributed by atoms with Crippen molar-refractivity contribution in [3.8, 4) is 0 Å². The second kappa shape index (κ2) is 7.20. The van der Waals surface area contributed by atoms with Crippen LogP contribution in [-0.4, -0.2) is 15.0 Å². The maximum atomic E-state index is 12.2. The Morgan fingerprint density at radius 2 is 1.67 bits per heavy atom. The Hall–Kier alpha value is -1.17. The maximum Gasteiger partial charge on any atom is 0.240 e. The number of nitrogens with one attached hydrogen (secondary N) is 1. The molecule has 0 amide bonds. The molecule has 0 saturated carbocycles. The first-order valence-corrected chi connectivity index (χ1v) is 9.33. The molecule has 1 atom stereocenters. The number of hydrogen-bond acceptors (Lipinski definition) is 2. The molecule has 0 aliphatic rings. The molecule has 1 N–H and O–H groups in total. The largest absolute Gasteiger partial charge is 0.240 e. The van der Waals surface area contributed by atoms with Gasteiger partial charge >= 0.3 is 0 Å². The van der Waals surface area contributed by atoms with E-state index in [1.54, 1.807) is 12.1 Å². The Bertz CT molecular complexity index is 669. The Morgan fingerprint density at radius 1 is 1.05 bits per heavy atom. The van der Waals surface area contributed by atoms with Gasteiger partial charge in [-0.2, -0.15) is 0 Å². The number of benzene rings is 2. The third-order valence-electron chi connectivity index (χ3n) is 3.34. The molecule has 0 bridgehead atoms. The van der Waals surface area contributed by atoms with E-state index in [1.807, 2.05) is 49.4 Å². The summed E-state index contributed by atoms with van der Waals surface area (Å²) in [7, 11) is -3.45. The van der Waals surface area contributed by atoms with Gasteiger partial charge in [0.05, 0.1) is 4.90 Å². The van der Waals surface area contributed by atoms with Crippen molar-refractivity contribution < 1.29 is 8.42 Å². The van der Waals surface area contributed by atoms with Crippen molar-refractivity contribution in [2.24, 2.45) is 0 Å². The van der Waals surface area contributed by atoms with Crippen molar-refractivity contribution in [2.75, 3.05) is 6.54 Å². The Kier molecular flexibility index (Phi) is 5.56. The SMILES string of the molecule is CC(CNS(=O)(=O)c1ccc(CBr)cc1)c1ccccc1. The molecule has 2 aromatic rings. The van der Waals surface area contributed by atoms with E-state index in [-0.39, 0.29) is 5.92 Å². The second-order valence-corrected chi connectivity index (χ2v) is 7.27. The van der Waals surface area contributed by atoms with Gasteiger partial charge < -0.3 is 0 Å². The molecule has 0 aromatic heterocycles. The van der Waals surface area contributed by atoms with Crippen LogP contribution >= 0.6 is 15.9 Å². The van der Waals surface area contributed by atoms with Gasteiger partial charge in [-0.1, -0.05) is 65.3 Å². The first-order chi connectivity index (χ1) is 10.0. The van der Waals surface area contributed by atoms with Crippen LogP contribution in [0.3, 0.4) is 0 Å². The smallest absolute Gasteiger partial charge is 0.211 e. The molecule has 0 aliphatic carbocycles. The molecule has 112 valence electrons. The number of rotatable bonds is 6. The lowest BCUT2D eigenvalue weighted by atomic mass is 10.0. The summed E-state index contributed by atoms with van der Waals surface area (Å²) in [6, 6.07) is 16.8. The molecular formula is C16H18BrNO2S. The van der Waals surface area contributed by atoms with Crippen molar-refractivity contribution in [2.45, 2.75) is 23.1 Å². The Morgan fingerprint density at radius 3 is 2.24 bits per heavy atom. The monoisotopic (exact) mass is 367 g/mol. The third-order valence-corrected chi connectivity index (χ3v) is 5.42. The van der Waals surface area contributed by atoms with Crippen LogP contribution in [0.2, 0.25) is 0 Å². The first kappa shape index (κ1) is 16.2. The lowest BCUT2D eigenvalue weighted by Crippen LogP contribution is -2.27. The molecule has 2 aromatic carbocycles. The molecule has 3 nitrogen and oxygen atoms in total. The minimum Gasteiger partial charge on any atom is -0.211 e. The molecule has 0 fully saturated rings. The summed E-state index contributed by atoms with van der Waals surface area (Å²) >= 11 is 3.34. The molecule has 2 rings (SSSR count). The minimum absolute atomic E-state index is 0.128. The highest BCUT2D eigenvalue weighted by molar-refractivity contribution is 9.08. The second-order valence-electron chi connectivity index (χ2n) is 4.94. The van der Waals surface area contributed by atoms with E-state index in [4.69, 9.17) is 0 Å². The van der Waals surface area contributed by atoms with Crippen molar-refractivity contribution in [1.82, 2.24) is 4.72 Å². The summed E-state index contributed by atoms with van der Waals surface area (Å²) < 4.78 is 27.2. The van der Waals surface area contributed by atoms with Crippen molar-refractivity contribution >= 4 is 26.0 Å². The average molecular weight is 368 g/mol. The summed E-state index contributed by atoms with van der Waals surface area (Å²) in [6.45, 7) is 2.39. The van der Waals surface area contributed by atoms with Crippen LogP contribution < -0.4 is 4.72 Å². The van der Waals surface area contributed by atoms with E-state index < -0.39 is 10.0 Å². The molecule has 0 spiro atoms. The van der Waals surface area contributed by atoms with Crippen molar-refractivity contribution in [3.05, 3.63) is 65.7 Å². The van der Waals surface area contributed by atoms with Crippen LogP contribution in [-0.2, 0) is 15.4 Å². The van der Waals surface area contributed by atoms with Gasteiger partial charge in [-0.3, -0.25) is 0 Å². The molecule has 21 heavy (non-hydrogen) atoms. The van der Waals surface area contributed by atoms with Crippen LogP contribution in [0.15, 0.2) is 59.5 Å². The van der Waals surface area contributed by atoms with E-state index in [0.717, 1.165) is 11.1 Å². The maximum absolute atomic E-state index is 12.2. The number of halogens is 1. The quantitative estimate of drug-likeness (QED) is 0.791. The third kappa shape index (κ3) is 4.40. The molecule has 0 heterocycles. The summed E-state index contributed by atoms with van der Waals surface area (Å²) in [5.74, 6) is 0.128. The summed E-state index contributed by atoms with van der Waals surface area (Å²) in [5, 5.41) is 0.714. The summed E-state index contributed by atoms with van der Waals surface area (Å²) in [6.07, 6.45) is 0. The average Bonchev–Trinajstić information content (AvgIpc) is 2.53. The van der Waals surface area contributed by atoms with Gasteiger partial charge in [0.25, 0.3) is 0 Å². The zero-order valence-electron chi connectivity index (χ0n) is 11.8. The zero-order valence-corrected chi connectivity index (χ0v) is 14.2. The molecule has 0 saturated heterocycles. The van der Waals surface area contributed by atoms with Crippen LogP contribution in [0.25, 0.3) is 0 Å². The van der Waals surface area contributed by atoms with Crippen LogP contribution in [0, 0.1) is 0 Å². The number of hydrogen-bond donors (Lipinski definition) is 1. The summed E-state index contributed by atoms with van der Waals surface area (Å²) in [5.41, 5.74) is 2.17. The van der Waals surface area contributed by atoms with E-state index >= 15 is 0 Å². The molecule has 0 radical (unpaired) electrons. The predicted molar refractivity (Wildman–Crippen MR) is 89.1 cm³/mol. The van der Waals surface area contributed by atoms with Gasteiger partial charge in [0, 0.05) is 11.9 Å². The normalized spacial score (nSPS) is 13.0. The fraction of sp³-hybridized carbons (Fsp3) is 0.250. The fourth-order valence-corrected chi connectivity index (χ4v) is 3.48.